The predicted molar refractivity (Wildman–Crippen MR) is 65.7 cm³/mol. The lowest BCUT2D eigenvalue weighted by atomic mass is 10.1. The van der Waals surface area contributed by atoms with Gasteiger partial charge in [-0.3, -0.25) is 4.79 Å². The molecule has 1 aromatic carbocycles. The molecule has 0 aliphatic heterocycles. The van der Waals surface area contributed by atoms with E-state index in [9.17, 15) is 9.59 Å². The van der Waals surface area contributed by atoms with Gasteiger partial charge < -0.3 is 10.1 Å². The third-order valence-corrected chi connectivity index (χ3v) is 2.30. The normalized spacial score (nSPS) is 10.3. The van der Waals surface area contributed by atoms with E-state index >= 15 is 0 Å². The van der Waals surface area contributed by atoms with Crippen molar-refractivity contribution in [1.29, 1.82) is 0 Å². The first-order valence-electron chi connectivity index (χ1n) is 5.18. The number of methoxy groups -OCH3 is 1. The van der Waals surface area contributed by atoms with Gasteiger partial charge in [-0.15, -0.1) is 0 Å². The van der Waals surface area contributed by atoms with E-state index in [-0.39, 0.29) is 5.91 Å². The Labute approximate surface area is 100 Å². The Bertz CT molecular complexity index is 443. The number of benzene rings is 1. The van der Waals surface area contributed by atoms with Gasteiger partial charge in [-0.2, -0.15) is 0 Å². The molecule has 4 heteroatoms. The van der Waals surface area contributed by atoms with Crippen LogP contribution in [0, 0.1) is 13.8 Å². The van der Waals surface area contributed by atoms with Gasteiger partial charge in [0.05, 0.1) is 7.11 Å². The Kier molecular flexibility index (Phi) is 4.46. The van der Waals surface area contributed by atoms with E-state index in [4.69, 9.17) is 0 Å². The summed E-state index contributed by atoms with van der Waals surface area (Å²) in [5, 5.41) is 2.72. The number of anilines is 1. The molecule has 1 aromatic rings. The van der Waals surface area contributed by atoms with Crippen LogP contribution in [0.2, 0.25) is 0 Å². The summed E-state index contributed by atoms with van der Waals surface area (Å²) < 4.78 is 4.39. The zero-order valence-corrected chi connectivity index (χ0v) is 10.1. The number of hydrogen-bond acceptors (Lipinski definition) is 3. The fraction of sp³-hybridized carbons (Fsp3) is 0.231. The third kappa shape index (κ3) is 3.75. The topological polar surface area (TPSA) is 55.4 Å². The van der Waals surface area contributed by atoms with Crippen LogP contribution in [-0.4, -0.2) is 19.0 Å². The molecular formula is C13H15NO3. The lowest BCUT2D eigenvalue weighted by Gasteiger charge is -2.09. The second-order valence-electron chi connectivity index (χ2n) is 3.61. The lowest BCUT2D eigenvalue weighted by Crippen LogP contribution is -2.11. The summed E-state index contributed by atoms with van der Waals surface area (Å²) in [5.41, 5.74) is 2.72. The van der Waals surface area contributed by atoms with Gasteiger partial charge in [-0.05, 0) is 25.0 Å². The summed E-state index contributed by atoms with van der Waals surface area (Å²) in [6, 6.07) is 5.74. The van der Waals surface area contributed by atoms with Crippen LogP contribution in [0.25, 0.3) is 0 Å². The Hall–Kier alpha value is -2.10. The highest BCUT2D eigenvalue weighted by atomic mass is 16.5. The molecule has 0 aromatic heterocycles. The zero-order chi connectivity index (χ0) is 12.8. The zero-order valence-electron chi connectivity index (χ0n) is 10.1. The van der Waals surface area contributed by atoms with Crippen LogP contribution < -0.4 is 5.32 Å². The smallest absolute Gasteiger partial charge is 0.330 e. The SMILES string of the molecule is COC(=O)/C=C/C(=O)Nc1c(C)cccc1C. The van der Waals surface area contributed by atoms with Crippen LogP contribution in [0.1, 0.15) is 11.1 Å². The van der Waals surface area contributed by atoms with E-state index < -0.39 is 5.97 Å². The predicted octanol–water partition coefficient (Wildman–Crippen LogP) is 1.97. The molecule has 0 spiro atoms. The van der Waals surface area contributed by atoms with Crippen molar-refractivity contribution in [2.24, 2.45) is 0 Å². The van der Waals surface area contributed by atoms with Gasteiger partial charge in [-0.25, -0.2) is 4.79 Å². The van der Waals surface area contributed by atoms with Crippen LogP contribution in [0.3, 0.4) is 0 Å². The maximum absolute atomic E-state index is 11.5. The van der Waals surface area contributed by atoms with Gasteiger partial charge >= 0.3 is 5.97 Å². The number of carbonyl (C=O) groups excluding carboxylic acids is 2. The molecule has 0 bridgehead atoms. The van der Waals surface area contributed by atoms with Crippen molar-refractivity contribution in [2.45, 2.75) is 13.8 Å². The quantitative estimate of drug-likeness (QED) is 0.641. The molecule has 0 unspecified atom stereocenters. The number of rotatable bonds is 3. The molecular weight excluding hydrogens is 218 g/mol. The van der Waals surface area contributed by atoms with Gasteiger partial charge in [0.2, 0.25) is 5.91 Å². The van der Waals surface area contributed by atoms with Crippen molar-refractivity contribution < 1.29 is 14.3 Å². The molecule has 17 heavy (non-hydrogen) atoms. The minimum absolute atomic E-state index is 0.354. The van der Waals surface area contributed by atoms with E-state index in [0.717, 1.165) is 29.0 Å². The highest BCUT2D eigenvalue weighted by Crippen LogP contribution is 2.19. The van der Waals surface area contributed by atoms with Crippen molar-refractivity contribution >= 4 is 17.6 Å². The van der Waals surface area contributed by atoms with Crippen molar-refractivity contribution in [3.63, 3.8) is 0 Å². The van der Waals surface area contributed by atoms with E-state index in [0.29, 0.717) is 0 Å². The van der Waals surface area contributed by atoms with Crippen LogP contribution in [0.15, 0.2) is 30.4 Å². The molecule has 0 atom stereocenters. The number of amides is 1. The lowest BCUT2D eigenvalue weighted by molar-refractivity contribution is -0.135. The van der Waals surface area contributed by atoms with Gasteiger partial charge in [0.15, 0.2) is 0 Å². The number of hydrogen-bond donors (Lipinski definition) is 1. The first-order valence-corrected chi connectivity index (χ1v) is 5.18. The molecule has 0 saturated heterocycles. The molecule has 1 N–H and O–H groups in total. The summed E-state index contributed by atoms with van der Waals surface area (Å²) >= 11 is 0. The first kappa shape index (κ1) is 13.0. The Morgan fingerprint density at radius 1 is 1.18 bits per heavy atom. The fourth-order valence-corrected chi connectivity index (χ4v) is 1.39. The molecule has 1 amide bonds. The maximum atomic E-state index is 11.5. The number of carbonyl (C=O) groups is 2. The van der Waals surface area contributed by atoms with Crippen LogP contribution in [-0.2, 0) is 14.3 Å². The molecule has 4 nitrogen and oxygen atoms in total. The molecule has 0 heterocycles. The largest absolute Gasteiger partial charge is 0.466 e. The highest BCUT2D eigenvalue weighted by molar-refractivity contribution is 6.03. The van der Waals surface area contributed by atoms with E-state index in [1.165, 1.54) is 7.11 Å². The number of para-hydroxylation sites is 1. The summed E-state index contributed by atoms with van der Waals surface area (Å²) in [6.45, 7) is 3.82. The minimum Gasteiger partial charge on any atom is -0.466 e. The fourth-order valence-electron chi connectivity index (χ4n) is 1.39. The molecule has 0 aliphatic carbocycles. The van der Waals surface area contributed by atoms with Gasteiger partial charge in [0.25, 0.3) is 0 Å². The molecule has 0 fully saturated rings. The monoisotopic (exact) mass is 233 g/mol. The Morgan fingerprint density at radius 3 is 2.29 bits per heavy atom. The summed E-state index contributed by atoms with van der Waals surface area (Å²) in [7, 11) is 1.26. The van der Waals surface area contributed by atoms with Crippen molar-refractivity contribution in [3.8, 4) is 0 Å². The van der Waals surface area contributed by atoms with Gasteiger partial charge in [0, 0.05) is 17.8 Å². The molecule has 0 radical (unpaired) electrons. The maximum Gasteiger partial charge on any atom is 0.330 e. The summed E-state index contributed by atoms with van der Waals surface area (Å²) in [4.78, 5) is 22.3. The Balaban J connectivity index is 2.75. The van der Waals surface area contributed by atoms with E-state index in [2.05, 4.69) is 10.1 Å². The standard InChI is InChI=1S/C13H15NO3/c1-9-5-4-6-10(2)13(9)14-11(15)7-8-12(16)17-3/h4-8H,1-3H3,(H,14,15)/b8-7+. The number of ether oxygens (including phenoxy) is 1. The van der Waals surface area contributed by atoms with E-state index in [1.54, 1.807) is 0 Å². The average molecular weight is 233 g/mol. The number of aryl methyl sites for hydroxylation is 2. The van der Waals surface area contributed by atoms with Crippen LogP contribution in [0.4, 0.5) is 5.69 Å². The van der Waals surface area contributed by atoms with Crippen LogP contribution >= 0.6 is 0 Å². The van der Waals surface area contributed by atoms with Gasteiger partial charge in [0.1, 0.15) is 0 Å². The second kappa shape index (κ2) is 5.84. The summed E-state index contributed by atoms with van der Waals surface area (Å²) in [6.07, 6.45) is 2.24. The number of nitrogens with one attached hydrogen (secondary N) is 1. The highest BCUT2D eigenvalue weighted by Gasteiger charge is 2.04. The molecule has 1 rings (SSSR count). The van der Waals surface area contributed by atoms with Crippen LogP contribution in [0.5, 0.6) is 0 Å². The van der Waals surface area contributed by atoms with Crippen molar-refractivity contribution in [3.05, 3.63) is 41.5 Å². The van der Waals surface area contributed by atoms with E-state index in [1.807, 2.05) is 32.0 Å². The molecule has 0 saturated carbocycles. The van der Waals surface area contributed by atoms with Crippen molar-refractivity contribution in [1.82, 2.24) is 0 Å². The second-order valence-corrected chi connectivity index (χ2v) is 3.61. The third-order valence-electron chi connectivity index (χ3n) is 2.30. The number of esters is 1. The average Bonchev–Trinajstić information content (AvgIpc) is 2.31. The Morgan fingerprint density at radius 2 is 1.76 bits per heavy atom. The van der Waals surface area contributed by atoms with Gasteiger partial charge in [-0.1, -0.05) is 18.2 Å². The molecule has 0 aliphatic rings. The molecule has 90 valence electrons. The minimum atomic E-state index is -0.554. The first-order chi connectivity index (χ1) is 8.04. The van der Waals surface area contributed by atoms with Crippen molar-refractivity contribution in [2.75, 3.05) is 12.4 Å². The summed E-state index contributed by atoms with van der Waals surface area (Å²) in [5.74, 6) is -0.908.